The van der Waals surface area contributed by atoms with E-state index in [1.165, 1.54) is 10.4 Å². The van der Waals surface area contributed by atoms with E-state index in [0.29, 0.717) is 0 Å². The molecule has 1 unspecified atom stereocenters. The maximum atomic E-state index is 6.64. The molecular weight excluding hydrogens is 266 g/mol. The molecule has 0 aliphatic carbocycles. The molecular formula is C16H21N3S. The minimum atomic E-state index is -0.272. The van der Waals surface area contributed by atoms with E-state index in [-0.39, 0.29) is 5.54 Å². The van der Waals surface area contributed by atoms with Crippen molar-refractivity contribution in [2.24, 2.45) is 5.73 Å². The molecule has 3 nitrogen and oxygen atoms in total. The average Bonchev–Trinajstić information content (AvgIpc) is 2.88. The number of nitrogens with two attached hydrogens (primary N) is 1. The summed E-state index contributed by atoms with van der Waals surface area (Å²) in [5.74, 6) is 0. The first-order chi connectivity index (χ1) is 9.66. The second-order valence-corrected chi connectivity index (χ2v) is 6.97. The van der Waals surface area contributed by atoms with Gasteiger partial charge in [0.05, 0.1) is 5.54 Å². The van der Waals surface area contributed by atoms with E-state index in [1.54, 1.807) is 11.3 Å². The molecule has 2 heterocycles. The molecule has 0 radical (unpaired) electrons. The van der Waals surface area contributed by atoms with E-state index >= 15 is 0 Å². The van der Waals surface area contributed by atoms with Crippen LogP contribution in [0.25, 0.3) is 0 Å². The molecule has 0 bridgehead atoms. The Morgan fingerprint density at radius 3 is 2.85 bits per heavy atom. The van der Waals surface area contributed by atoms with E-state index in [1.807, 2.05) is 6.20 Å². The minimum Gasteiger partial charge on any atom is -0.318 e. The Kier molecular flexibility index (Phi) is 3.87. The number of hydrogen-bond donors (Lipinski definition) is 1. The van der Waals surface area contributed by atoms with Gasteiger partial charge in [-0.1, -0.05) is 30.3 Å². The minimum absolute atomic E-state index is 0.272. The monoisotopic (exact) mass is 287 g/mol. The number of hydrogen-bond acceptors (Lipinski definition) is 4. The SMILES string of the molecule is Cc1cnc(C2(N)CCCN(Cc3ccccc3)C2)s1. The van der Waals surface area contributed by atoms with Crippen LogP contribution < -0.4 is 5.73 Å². The van der Waals surface area contributed by atoms with Crippen molar-refractivity contribution in [3.8, 4) is 0 Å². The standard InChI is InChI=1S/C16H21N3S/c1-13-10-18-15(20-13)16(17)8-5-9-19(12-16)11-14-6-3-2-4-7-14/h2-4,6-7,10H,5,8-9,11-12,17H2,1H3. The molecule has 4 heteroatoms. The van der Waals surface area contributed by atoms with Gasteiger partial charge in [-0.25, -0.2) is 4.98 Å². The number of nitrogens with zero attached hydrogens (tertiary/aromatic N) is 2. The third-order valence-electron chi connectivity index (χ3n) is 3.90. The van der Waals surface area contributed by atoms with Gasteiger partial charge in [0.25, 0.3) is 0 Å². The number of rotatable bonds is 3. The Hall–Kier alpha value is -1.23. The van der Waals surface area contributed by atoms with Crippen LogP contribution in [0.2, 0.25) is 0 Å². The molecule has 1 aromatic heterocycles. The van der Waals surface area contributed by atoms with Crippen LogP contribution in [-0.2, 0) is 12.1 Å². The fraction of sp³-hybridized carbons (Fsp3) is 0.438. The number of benzene rings is 1. The molecule has 1 saturated heterocycles. The van der Waals surface area contributed by atoms with Gasteiger partial charge in [0, 0.05) is 24.2 Å². The van der Waals surface area contributed by atoms with Gasteiger partial charge in [0.2, 0.25) is 0 Å². The van der Waals surface area contributed by atoms with Crippen molar-refractivity contribution in [1.29, 1.82) is 0 Å². The van der Waals surface area contributed by atoms with Crippen LogP contribution in [0.5, 0.6) is 0 Å². The van der Waals surface area contributed by atoms with Crippen molar-refractivity contribution in [1.82, 2.24) is 9.88 Å². The molecule has 20 heavy (non-hydrogen) atoms. The van der Waals surface area contributed by atoms with Crippen molar-refractivity contribution in [2.45, 2.75) is 31.8 Å². The molecule has 1 atom stereocenters. The third kappa shape index (κ3) is 2.92. The molecule has 0 amide bonds. The molecule has 2 aromatic rings. The Balaban J connectivity index is 1.73. The Bertz CT molecular complexity index is 566. The van der Waals surface area contributed by atoms with Gasteiger partial charge in [0.15, 0.2) is 0 Å². The van der Waals surface area contributed by atoms with Crippen LogP contribution in [0.1, 0.15) is 28.3 Å². The number of piperidine rings is 1. The number of likely N-dealkylation sites (tertiary alicyclic amines) is 1. The summed E-state index contributed by atoms with van der Waals surface area (Å²) >= 11 is 1.74. The van der Waals surface area contributed by atoms with Crippen LogP contribution in [0, 0.1) is 6.92 Å². The molecule has 1 aromatic carbocycles. The predicted molar refractivity (Wildman–Crippen MR) is 83.7 cm³/mol. The molecule has 0 spiro atoms. The van der Waals surface area contributed by atoms with Crippen LogP contribution in [0.3, 0.4) is 0 Å². The summed E-state index contributed by atoms with van der Waals surface area (Å²) in [6, 6.07) is 10.6. The lowest BCUT2D eigenvalue weighted by molar-refractivity contribution is 0.142. The molecule has 1 fully saturated rings. The normalized spacial score (nSPS) is 23.9. The van der Waals surface area contributed by atoms with Crippen LogP contribution in [-0.4, -0.2) is 23.0 Å². The second-order valence-electron chi connectivity index (χ2n) is 5.73. The van der Waals surface area contributed by atoms with Crippen LogP contribution >= 0.6 is 11.3 Å². The van der Waals surface area contributed by atoms with Gasteiger partial charge in [0.1, 0.15) is 5.01 Å². The zero-order valence-corrected chi connectivity index (χ0v) is 12.7. The summed E-state index contributed by atoms with van der Waals surface area (Å²) in [5, 5.41) is 1.09. The van der Waals surface area contributed by atoms with Crippen molar-refractivity contribution < 1.29 is 0 Å². The van der Waals surface area contributed by atoms with E-state index in [0.717, 1.165) is 37.5 Å². The first kappa shape index (κ1) is 13.7. The van der Waals surface area contributed by atoms with Gasteiger partial charge in [-0.15, -0.1) is 11.3 Å². The van der Waals surface area contributed by atoms with E-state index < -0.39 is 0 Å². The lowest BCUT2D eigenvalue weighted by atomic mass is 9.90. The maximum absolute atomic E-state index is 6.64. The second kappa shape index (κ2) is 5.64. The summed E-state index contributed by atoms with van der Waals surface area (Å²) in [6.07, 6.45) is 4.11. The van der Waals surface area contributed by atoms with Crippen molar-refractivity contribution in [3.63, 3.8) is 0 Å². The molecule has 1 aliphatic rings. The van der Waals surface area contributed by atoms with Gasteiger partial charge < -0.3 is 5.73 Å². The largest absolute Gasteiger partial charge is 0.318 e. The van der Waals surface area contributed by atoms with E-state index in [9.17, 15) is 0 Å². The highest BCUT2D eigenvalue weighted by Gasteiger charge is 2.35. The van der Waals surface area contributed by atoms with Crippen molar-refractivity contribution in [2.75, 3.05) is 13.1 Å². The molecule has 3 rings (SSSR count). The fourth-order valence-corrected chi connectivity index (χ4v) is 3.80. The molecule has 1 aliphatic heterocycles. The quantitative estimate of drug-likeness (QED) is 0.944. The Morgan fingerprint density at radius 1 is 1.35 bits per heavy atom. The number of aromatic nitrogens is 1. The van der Waals surface area contributed by atoms with Gasteiger partial charge in [-0.05, 0) is 31.9 Å². The van der Waals surface area contributed by atoms with Crippen LogP contribution in [0.4, 0.5) is 0 Å². The van der Waals surface area contributed by atoms with E-state index in [4.69, 9.17) is 5.73 Å². The first-order valence-corrected chi connectivity index (χ1v) is 7.95. The number of thiazole rings is 1. The van der Waals surface area contributed by atoms with Crippen molar-refractivity contribution >= 4 is 11.3 Å². The lowest BCUT2D eigenvalue weighted by Crippen LogP contribution is -2.51. The summed E-state index contributed by atoms with van der Waals surface area (Å²) in [5.41, 5.74) is 7.73. The molecule has 2 N–H and O–H groups in total. The predicted octanol–water partition coefficient (Wildman–Crippen LogP) is 2.90. The highest BCUT2D eigenvalue weighted by molar-refractivity contribution is 7.11. The first-order valence-electron chi connectivity index (χ1n) is 7.14. The third-order valence-corrected chi connectivity index (χ3v) is 5.03. The summed E-state index contributed by atoms with van der Waals surface area (Å²) in [4.78, 5) is 8.21. The maximum Gasteiger partial charge on any atom is 0.114 e. The van der Waals surface area contributed by atoms with Gasteiger partial charge in [-0.3, -0.25) is 4.90 Å². The van der Waals surface area contributed by atoms with Crippen LogP contribution in [0.15, 0.2) is 36.5 Å². The summed E-state index contributed by atoms with van der Waals surface area (Å²) < 4.78 is 0. The summed E-state index contributed by atoms with van der Waals surface area (Å²) in [6.45, 7) is 5.09. The molecule has 106 valence electrons. The zero-order valence-electron chi connectivity index (χ0n) is 11.9. The molecule has 0 saturated carbocycles. The average molecular weight is 287 g/mol. The zero-order chi connectivity index (χ0) is 14.0. The van der Waals surface area contributed by atoms with Gasteiger partial charge in [-0.2, -0.15) is 0 Å². The topological polar surface area (TPSA) is 42.1 Å². The van der Waals surface area contributed by atoms with E-state index in [2.05, 4.69) is 47.1 Å². The van der Waals surface area contributed by atoms with Crippen molar-refractivity contribution in [3.05, 3.63) is 52.0 Å². The Labute approximate surface area is 124 Å². The van der Waals surface area contributed by atoms with Gasteiger partial charge >= 0.3 is 0 Å². The Morgan fingerprint density at radius 2 is 2.15 bits per heavy atom. The highest BCUT2D eigenvalue weighted by Crippen LogP contribution is 2.32. The fourth-order valence-electron chi connectivity index (χ4n) is 2.91. The number of aryl methyl sites for hydroxylation is 1. The lowest BCUT2D eigenvalue weighted by Gasteiger charge is -2.39. The smallest absolute Gasteiger partial charge is 0.114 e. The summed E-state index contributed by atoms with van der Waals surface area (Å²) in [7, 11) is 0. The highest BCUT2D eigenvalue weighted by atomic mass is 32.1.